The lowest BCUT2D eigenvalue weighted by molar-refractivity contribution is -0.130. The van der Waals surface area contributed by atoms with Gasteiger partial charge in [0.15, 0.2) is 0 Å². The highest BCUT2D eigenvalue weighted by atomic mass is 16.2. The Morgan fingerprint density at radius 3 is 2.43 bits per heavy atom. The van der Waals surface area contributed by atoms with Crippen molar-refractivity contribution in [2.24, 2.45) is 23.3 Å². The number of nitrogens with one attached hydrogen (secondary N) is 2. The minimum Gasteiger partial charge on any atom is -0.344 e. The summed E-state index contributed by atoms with van der Waals surface area (Å²) in [6.45, 7) is 1.29. The third-order valence-corrected chi connectivity index (χ3v) is 6.75. The van der Waals surface area contributed by atoms with Crippen molar-refractivity contribution in [3.8, 4) is 0 Å². The Labute approximate surface area is 180 Å². The number of nitrogens with two attached hydrogens (primary N) is 2. The van der Waals surface area contributed by atoms with Gasteiger partial charge in [0, 0.05) is 11.6 Å². The van der Waals surface area contributed by atoms with Crippen molar-refractivity contribution < 1.29 is 9.59 Å². The van der Waals surface area contributed by atoms with E-state index in [1.165, 1.54) is 24.0 Å². The van der Waals surface area contributed by atoms with Crippen molar-refractivity contribution in [1.29, 1.82) is 0 Å². The molecule has 0 spiro atoms. The van der Waals surface area contributed by atoms with E-state index in [1.807, 2.05) is 6.07 Å². The van der Waals surface area contributed by atoms with Crippen LogP contribution >= 0.6 is 0 Å². The summed E-state index contributed by atoms with van der Waals surface area (Å²) in [6.07, 6.45) is 10.6. The van der Waals surface area contributed by atoms with Crippen molar-refractivity contribution in [2.45, 2.75) is 76.7 Å². The van der Waals surface area contributed by atoms with Gasteiger partial charge in [0.05, 0.1) is 0 Å². The predicted octanol–water partition coefficient (Wildman–Crippen LogP) is 2.88. The molecule has 166 valence electrons. The third kappa shape index (κ3) is 6.29. The van der Waals surface area contributed by atoms with Crippen molar-refractivity contribution in [3.63, 3.8) is 0 Å². The molecule has 3 rings (SSSR count). The molecule has 2 amide bonds. The van der Waals surface area contributed by atoms with E-state index in [0.717, 1.165) is 57.1 Å². The Balaban J connectivity index is 1.60. The maximum atomic E-state index is 13.0. The molecule has 0 unspecified atom stereocenters. The number of amides is 2. The van der Waals surface area contributed by atoms with E-state index in [0.29, 0.717) is 25.4 Å². The van der Waals surface area contributed by atoms with Crippen LogP contribution in [0.25, 0.3) is 0 Å². The number of carbonyl (C=O) groups excluding carboxylic acids is 2. The molecule has 1 saturated carbocycles. The summed E-state index contributed by atoms with van der Waals surface area (Å²) < 4.78 is 0. The summed E-state index contributed by atoms with van der Waals surface area (Å²) in [7, 11) is 0. The van der Waals surface area contributed by atoms with E-state index in [-0.39, 0.29) is 17.7 Å². The third-order valence-electron chi connectivity index (χ3n) is 6.75. The highest BCUT2D eigenvalue weighted by Gasteiger charge is 2.29. The number of unbranched alkanes of at least 4 members (excludes halogenated alkanes) is 1. The summed E-state index contributed by atoms with van der Waals surface area (Å²) in [5.41, 5.74) is 14.9. The second-order valence-electron chi connectivity index (χ2n) is 8.98. The minimum atomic E-state index is -0.521. The molecule has 0 heterocycles. The average Bonchev–Trinajstić information content (AvgIpc) is 2.78. The molecule has 6 heteroatoms. The molecule has 0 radical (unpaired) electrons. The molecule has 1 atom stereocenters. The Kier molecular flexibility index (Phi) is 8.70. The van der Waals surface area contributed by atoms with Crippen LogP contribution in [-0.4, -0.2) is 30.9 Å². The molecule has 0 bridgehead atoms. The second-order valence-corrected chi connectivity index (χ2v) is 8.98. The van der Waals surface area contributed by atoms with Crippen molar-refractivity contribution in [3.05, 3.63) is 29.3 Å². The fourth-order valence-electron chi connectivity index (χ4n) is 4.75. The molecule has 6 nitrogen and oxygen atoms in total. The van der Waals surface area contributed by atoms with Gasteiger partial charge < -0.3 is 22.1 Å². The lowest BCUT2D eigenvalue weighted by atomic mass is 9.81. The summed E-state index contributed by atoms with van der Waals surface area (Å²) in [5, 5.41) is 6.08. The summed E-state index contributed by atoms with van der Waals surface area (Å²) in [5.74, 6) is 0.388. The van der Waals surface area contributed by atoms with Gasteiger partial charge in [0.25, 0.3) is 0 Å². The standard InChI is InChI=1S/C24H38N4O2/c25-14-4-3-7-22(28-23(29)19-10-8-17(16-26)9-11-19)24(30)27-21-13-12-18-5-1-2-6-20(18)15-21/h12-13,15,17,19,22H,1-11,14,16,25-26H2,(H,27,30)(H,28,29)/t17?,19?,22-/m0/s1. The monoisotopic (exact) mass is 414 g/mol. The molecular weight excluding hydrogens is 376 g/mol. The number of aryl methyl sites for hydroxylation is 2. The summed E-state index contributed by atoms with van der Waals surface area (Å²) >= 11 is 0. The molecular formula is C24H38N4O2. The molecule has 1 fully saturated rings. The molecule has 0 saturated heterocycles. The maximum Gasteiger partial charge on any atom is 0.246 e. The number of hydrogen-bond acceptors (Lipinski definition) is 4. The van der Waals surface area contributed by atoms with Gasteiger partial charge in [0.1, 0.15) is 6.04 Å². The maximum absolute atomic E-state index is 13.0. The average molecular weight is 415 g/mol. The number of hydrogen-bond donors (Lipinski definition) is 4. The zero-order valence-electron chi connectivity index (χ0n) is 18.1. The van der Waals surface area contributed by atoms with Crippen LogP contribution in [0.2, 0.25) is 0 Å². The first-order chi connectivity index (χ1) is 14.6. The SMILES string of the molecule is NCCCC[C@H](NC(=O)C1CCC(CN)CC1)C(=O)Nc1ccc2c(c1)CCCC2. The van der Waals surface area contributed by atoms with Crippen LogP contribution in [0.3, 0.4) is 0 Å². The molecule has 2 aliphatic rings. The van der Waals surface area contributed by atoms with Crippen LogP contribution in [0.4, 0.5) is 5.69 Å². The van der Waals surface area contributed by atoms with E-state index < -0.39 is 6.04 Å². The lowest BCUT2D eigenvalue weighted by Crippen LogP contribution is -2.46. The first kappa shape index (κ1) is 22.8. The largest absolute Gasteiger partial charge is 0.344 e. The number of fused-ring (bicyclic) bond motifs is 1. The Hall–Kier alpha value is -1.92. The Morgan fingerprint density at radius 1 is 1.00 bits per heavy atom. The second kappa shape index (κ2) is 11.5. The van der Waals surface area contributed by atoms with Gasteiger partial charge in [0.2, 0.25) is 11.8 Å². The van der Waals surface area contributed by atoms with Gasteiger partial charge in [-0.3, -0.25) is 9.59 Å². The molecule has 2 aliphatic carbocycles. The van der Waals surface area contributed by atoms with E-state index in [9.17, 15) is 9.59 Å². The van der Waals surface area contributed by atoms with E-state index in [2.05, 4.69) is 22.8 Å². The van der Waals surface area contributed by atoms with E-state index in [4.69, 9.17) is 11.5 Å². The highest BCUT2D eigenvalue weighted by molar-refractivity contribution is 5.97. The normalized spacial score (nSPS) is 22.1. The Morgan fingerprint density at radius 2 is 1.73 bits per heavy atom. The smallest absolute Gasteiger partial charge is 0.246 e. The van der Waals surface area contributed by atoms with Gasteiger partial charge in [-0.25, -0.2) is 0 Å². The van der Waals surface area contributed by atoms with Crippen molar-refractivity contribution >= 4 is 17.5 Å². The van der Waals surface area contributed by atoms with Gasteiger partial charge >= 0.3 is 0 Å². The van der Waals surface area contributed by atoms with Crippen LogP contribution in [0.1, 0.15) is 68.9 Å². The number of anilines is 1. The summed E-state index contributed by atoms with van der Waals surface area (Å²) in [4.78, 5) is 25.9. The highest BCUT2D eigenvalue weighted by Crippen LogP contribution is 2.28. The number of rotatable bonds is 9. The Bertz CT molecular complexity index is 713. The lowest BCUT2D eigenvalue weighted by Gasteiger charge is -2.28. The van der Waals surface area contributed by atoms with Crippen molar-refractivity contribution in [1.82, 2.24) is 5.32 Å². The van der Waals surface area contributed by atoms with E-state index >= 15 is 0 Å². The number of carbonyl (C=O) groups is 2. The topological polar surface area (TPSA) is 110 Å². The zero-order chi connectivity index (χ0) is 21.3. The predicted molar refractivity (Wildman–Crippen MR) is 121 cm³/mol. The van der Waals surface area contributed by atoms with Gasteiger partial charge in [-0.1, -0.05) is 6.07 Å². The van der Waals surface area contributed by atoms with Crippen LogP contribution < -0.4 is 22.1 Å². The minimum absolute atomic E-state index is 0.00353. The van der Waals surface area contributed by atoms with Gasteiger partial charge in [-0.2, -0.15) is 0 Å². The van der Waals surface area contributed by atoms with Gasteiger partial charge in [-0.05, 0) is 113 Å². The van der Waals surface area contributed by atoms with Crippen LogP contribution in [0.5, 0.6) is 0 Å². The molecule has 6 N–H and O–H groups in total. The molecule has 30 heavy (non-hydrogen) atoms. The quantitative estimate of drug-likeness (QED) is 0.466. The fourth-order valence-corrected chi connectivity index (χ4v) is 4.75. The van der Waals surface area contributed by atoms with Crippen LogP contribution in [0.15, 0.2) is 18.2 Å². The first-order valence-corrected chi connectivity index (χ1v) is 11.7. The summed E-state index contributed by atoms with van der Waals surface area (Å²) in [6, 6.07) is 5.68. The van der Waals surface area contributed by atoms with Gasteiger partial charge in [-0.15, -0.1) is 0 Å². The molecule has 0 aromatic heterocycles. The van der Waals surface area contributed by atoms with Crippen LogP contribution in [-0.2, 0) is 22.4 Å². The number of benzene rings is 1. The zero-order valence-corrected chi connectivity index (χ0v) is 18.1. The van der Waals surface area contributed by atoms with Crippen LogP contribution in [0, 0.1) is 11.8 Å². The first-order valence-electron chi connectivity index (χ1n) is 11.7. The fraction of sp³-hybridized carbons (Fsp3) is 0.667. The van der Waals surface area contributed by atoms with E-state index in [1.54, 1.807) is 0 Å². The van der Waals surface area contributed by atoms with Crippen molar-refractivity contribution in [2.75, 3.05) is 18.4 Å². The molecule has 0 aliphatic heterocycles. The molecule has 1 aromatic rings. The molecule has 1 aromatic carbocycles.